The number of ether oxygens (including phenoxy) is 2. The van der Waals surface area contributed by atoms with Gasteiger partial charge in [-0.05, 0) is 31.9 Å². The Bertz CT molecular complexity index is 483. The number of hydrogen-bond acceptors (Lipinski definition) is 4. The number of unbranched alkanes of at least 4 members (excludes halogenated alkanes) is 1. The van der Waals surface area contributed by atoms with E-state index in [1.54, 1.807) is 16.9 Å². The number of nitrogens with one attached hydrogen (secondary N) is 2. The minimum atomic E-state index is -0.108. The van der Waals surface area contributed by atoms with Gasteiger partial charge in [-0.25, -0.2) is 0 Å². The van der Waals surface area contributed by atoms with E-state index in [1.807, 2.05) is 20.0 Å². The number of rotatable bonds is 15. The highest BCUT2D eigenvalue weighted by molar-refractivity contribution is 5.78. The maximum atomic E-state index is 11.9. The number of carbonyl (C=O) groups excluding carboxylic acids is 2. The maximum Gasteiger partial charge on any atom is 0.286 e. The molecule has 0 aliphatic carbocycles. The molecule has 0 rings (SSSR count). The Morgan fingerprint density at radius 1 is 1.04 bits per heavy atom. The first kappa shape index (κ1) is 24.0. The van der Waals surface area contributed by atoms with Crippen LogP contribution in [0.15, 0.2) is 24.4 Å². The van der Waals surface area contributed by atoms with Gasteiger partial charge in [0, 0.05) is 13.1 Å². The third kappa shape index (κ3) is 15.5. The molecule has 0 spiro atoms. The van der Waals surface area contributed by atoms with E-state index < -0.39 is 0 Å². The molecule has 0 heterocycles. The monoisotopic (exact) mass is 368 g/mol. The summed E-state index contributed by atoms with van der Waals surface area (Å²) >= 11 is 0. The predicted octanol–water partition coefficient (Wildman–Crippen LogP) is 1.25. The topological polar surface area (TPSA) is 79.7 Å². The van der Waals surface area contributed by atoms with Crippen molar-refractivity contribution in [3.8, 4) is 0 Å². The summed E-state index contributed by atoms with van der Waals surface area (Å²) in [5.41, 5.74) is 1.10. The first-order chi connectivity index (χ1) is 12.5. The van der Waals surface area contributed by atoms with Crippen LogP contribution in [0, 0.1) is 0 Å². The van der Waals surface area contributed by atoms with Crippen molar-refractivity contribution in [2.45, 2.75) is 33.6 Å². The van der Waals surface area contributed by atoms with Crippen LogP contribution < -0.4 is 10.6 Å². The van der Waals surface area contributed by atoms with Crippen LogP contribution in [0.1, 0.15) is 33.6 Å². The molecule has 0 radical (unpaired) electrons. The van der Waals surface area contributed by atoms with E-state index in [0.29, 0.717) is 32.9 Å². The highest BCUT2D eigenvalue weighted by Gasteiger charge is 2.08. The Balaban J connectivity index is 3.67. The van der Waals surface area contributed by atoms with E-state index in [1.165, 1.54) is 0 Å². The molecule has 2 amide bonds. The molecule has 148 valence electrons. The quantitative estimate of drug-likeness (QED) is 0.259. The van der Waals surface area contributed by atoms with E-state index in [2.05, 4.69) is 24.1 Å². The van der Waals surface area contributed by atoms with E-state index in [4.69, 9.17) is 9.47 Å². The molecule has 0 atom stereocenters. The van der Waals surface area contributed by atoms with Crippen LogP contribution in [0.3, 0.4) is 0 Å². The molecule has 0 aromatic rings. The minimum absolute atomic E-state index is 0.0454. The van der Waals surface area contributed by atoms with Crippen molar-refractivity contribution < 1.29 is 23.6 Å². The molecule has 0 aliphatic rings. The normalized spacial score (nSPS) is 11.0. The van der Waals surface area contributed by atoms with Crippen molar-refractivity contribution in [2.24, 2.45) is 0 Å². The van der Waals surface area contributed by atoms with Gasteiger partial charge in [0.2, 0.25) is 12.5 Å². The molecular weight excluding hydrogens is 334 g/mol. The van der Waals surface area contributed by atoms with Crippen molar-refractivity contribution in [1.82, 2.24) is 10.6 Å². The van der Waals surface area contributed by atoms with Gasteiger partial charge in [0.05, 0.1) is 19.8 Å². The minimum Gasteiger partial charge on any atom is -0.377 e. The molecule has 0 saturated heterocycles. The molecule has 0 fully saturated rings. The van der Waals surface area contributed by atoms with Crippen molar-refractivity contribution in [2.75, 3.05) is 46.1 Å². The van der Waals surface area contributed by atoms with Crippen LogP contribution in [0.5, 0.6) is 0 Å². The van der Waals surface area contributed by atoms with Crippen molar-refractivity contribution >= 4 is 18.0 Å². The summed E-state index contributed by atoms with van der Waals surface area (Å²) in [4.78, 5) is 23.3. The Labute approximate surface area is 157 Å². The zero-order chi connectivity index (χ0) is 19.6. The van der Waals surface area contributed by atoms with Gasteiger partial charge in [0.15, 0.2) is 12.4 Å². The molecule has 2 N–H and O–H groups in total. The molecule has 7 heteroatoms. The second kappa shape index (κ2) is 16.5. The second-order valence-corrected chi connectivity index (χ2v) is 5.98. The lowest BCUT2D eigenvalue weighted by Crippen LogP contribution is -2.33. The first-order valence-corrected chi connectivity index (χ1v) is 9.05. The second-order valence-electron chi connectivity index (χ2n) is 5.98. The zero-order valence-electron chi connectivity index (χ0n) is 16.4. The van der Waals surface area contributed by atoms with Crippen LogP contribution in [-0.2, 0) is 19.1 Å². The number of allylic oxidation sites excluding steroid dienone is 2. The number of nitrogens with zero attached hydrogens (tertiary/aromatic N) is 1. The summed E-state index contributed by atoms with van der Waals surface area (Å²) in [6, 6.07) is 0. The SMILES string of the molecule is C=CC=[N+](C=C(C)C)CC(=O)NCCOCCOCC(=O)NCCCC. The van der Waals surface area contributed by atoms with Crippen molar-refractivity contribution in [3.05, 3.63) is 24.4 Å². The van der Waals surface area contributed by atoms with Gasteiger partial charge in [-0.15, -0.1) is 0 Å². The third-order valence-corrected chi connectivity index (χ3v) is 3.07. The summed E-state index contributed by atoms with van der Waals surface area (Å²) in [5, 5.41) is 5.56. The van der Waals surface area contributed by atoms with Crippen LogP contribution in [0.4, 0.5) is 0 Å². The van der Waals surface area contributed by atoms with Gasteiger partial charge < -0.3 is 20.1 Å². The fourth-order valence-corrected chi connectivity index (χ4v) is 1.93. The lowest BCUT2D eigenvalue weighted by molar-refractivity contribution is -0.440. The zero-order valence-corrected chi connectivity index (χ0v) is 16.4. The molecule has 7 nitrogen and oxygen atoms in total. The van der Waals surface area contributed by atoms with E-state index in [-0.39, 0.29) is 25.0 Å². The standard InChI is InChI=1S/C19H33N3O4/c1-5-7-8-20-19(24)16-26-13-12-25-11-9-21-18(23)15-22(10-6-2)14-17(3)4/h6,10,14H,2,5,7-9,11-13,15-16H2,1,3-4H3,(H-,20,21,23,24)/p+1. The van der Waals surface area contributed by atoms with Crippen molar-refractivity contribution in [1.29, 1.82) is 0 Å². The average Bonchev–Trinajstić information content (AvgIpc) is 2.57. The van der Waals surface area contributed by atoms with Gasteiger partial charge in [-0.2, -0.15) is 4.58 Å². The summed E-state index contributed by atoms with van der Waals surface area (Å²) < 4.78 is 12.4. The fourth-order valence-electron chi connectivity index (χ4n) is 1.93. The smallest absolute Gasteiger partial charge is 0.286 e. The molecule has 26 heavy (non-hydrogen) atoms. The Hall–Kier alpha value is -1.99. The van der Waals surface area contributed by atoms with Gasteiger partial charge in [-0.1, -0.05) is 19.9 Å². The molecular formula is C19H34N3O4+. The Morgan fingerprint density at radius 3 is 2.38 bits per heavy atom. The lowest BCUT2D eigenvalue weighted by Gasteiger charge is -2.07. The van der Waals surface area contributed by atoms with Crippen LogP contribution in [-0.4, -0.2) is 68.7 Å². The highest BCUT2D eigenvalue weighted by Crippen LogP contribution is 1.90. The molecule has 0 unspecified atom stereocenters. The third-order valence-electron chi connectivity index (χ3n) is 3.07. The highest BCUT2D eigenvalue weighted by atomic mass is 16.5. The van der Waals surface area contributed by atoms with Gasteiger partial charge in [0.1, 0.15) is 6.61 Å². The van der Waals surface area contributed by atoms with Crippen LogP contribution >= 0.6 is 0 Å². The Kier molecular flexibility index (Phi) is 15.2. The number of amides is 2. The molecule has 0 aromatic carbocycles. The molecule has 0 bridgehead atoms. The van der Waals surface area contributed by atoms with Crippen LogP contribution in [0.25, 0.3) is 0 Å². The van der Waals surface area contributed by atoms with Gasteiger partial charge >= 0.3 is 0 Å². The number of hydrogen-bond donors (Lipinski definition) is 2. The molecule has 0 aromatic heterocycles. The molecule has 0 saturated carbocycles. The van der Waals surface area contributed by atoms with E-state index >= 15 is 0 Å². The lowest BCUT2D eigenvalue weighted by atomic mass is 10.3. The average molecular weight is 368 g/mol. The van der Waals surface area contributed by atoms with E-state index in [9.17, 15) is 9.59 Å². The summed E-state index contributed by atoms with van der Waals surface area (Å²) in [6.45, 7) is 12.1. The van der Waals surface area contributed by atoms with Crippen molar-refractivity contribution in [3.63, 3.8) is 0 Å². The fraction of sp³-hybridized carbons (Fsp3) is 0.632. The van der Waals surface area contributed by atoms with Crippen LogP contribution in [0.2, 0.25) is 0 Å². The molecule has 0 aliphatic heterocycles. The largest absolute Gasteiger partial charge is 0.377 e. The van der Waals surface area contributed by atoms with Gasteiger partial charge in [0.25, 0.3) is 5.91 Å². The van der Waals surface area contributed by atoms with E-state index in [0.717, 1.165) is 18.4 Å². The Morgan fingerprint density at radius 2 is 1.73 bits per heavy atom. The maximum absolute atomic E-state index is 11.9. The number of carbonyl (C=O) groups is 2. The summed E-state index contributed by atoms with van der Waals surface area (Å²) in [6.07, 6.45) is 7.29. The van der Waals surface area contributed by atoms with Gasteiger partial charge in [-0.3, -0.25) is 9.59 Å². The summed E-state index contributed by atoms with van der Waals surface area (Å²) in [7, 11) is 0. The first-order valence-electron chi connectivity index (χ1n) is 9.05. The summed E-state index contributed by atoms with van der Waals surface area (Å²) in [5.74, 6) is -0.202. The predicted molar refractivity (Wildman–Crippen MR) is 103 cm³/mol.